The van der Waals surface area contributed by atoms with Gasteiger partial charge in [-0.1, -0.05) is 0 Å². The highest BCUT2D eigenvalue weighted by Crippen LogP contribution is 2.35. The third-order valence-electron chi connectivity index (χ3n) is 5.27. The molecule has 0 spiro atoms. The maximum absolute atomic E-state index is 12.3. The Morgan fingerprint density at radius 1 is 1.27 bits per heavy atom. The van der Waals surface area contributed by atoms with Gasteiger partial charge in [-0.15, -0.1) is 0 Å². The number of nitrogens with zero attached hydrogens (tertiary/aromatic N) is 4. The van der Waals surface area contributed by atoms with E-state index in [1.807, 2.05) is 31.5 Å². The van der Waals surface area contributed by atoms with Gasteiger partial charge in [0.25, 0.3) is 0 Å². The highest BCUT2D eigenvalue weighted by molar-refractivity contribution is 5.91. The van der Waals surface area contributed by atoms with Crippen molar-refractivity contribution in [2.75, 3.05) is 25.0 Å². The van der Waals surface area contributed by atoms with E-state index in [-0.39, 0.29) is 24.1 Å². The molecule has 0 saturated carbocycles. The van der Waals surface area contributed by atoms with Crippen LogP contribution in [0.5, 0.6) is 0 Å². The number of hydrogen-bond donors (Lipinski definition) is 1. The molecular formula is C21H29N5O4. The lowest BCUT2D eigenvalue weighted by Gasteiger charge is -2.39. The molecule has 9 heteroatoms. The Bertz CT molecular complexity index is 952. The van der Waals surface area contributed by atoms with Crippen LogP contribution in [0.15, 0.2) is 12.3 Å². The zero-order valence-electron chi connectivity index (χ0n) is 18.0. The summed E-state index contributed by atoms with van der Waals surface area (Å²) in [4.78, 5) is 29.8. The topological polar surface area (TPSA) is 98.6 Å². The van der Waals surface area contributed by atoms with Crippen LogP contribution in [0.25, 0.3) is 10.9 Å². The number of nitrogens with one attached hydrogen (secondary N) is 1. The zero-order chi connectivity index (χ0) is 21.5. The average Bonchev–Trinajstić information content (AvgIpc) is 2.98. The lowest BCUT2D eigenvalue weighted by molar-refractivity contribution is -0.114. The van der Waals surface area contributed by atoms with E-state index in [4.69, 9.17) is 14.6 Å². The van der Waals surface area contributed by atoms with E-state index < -0.39 is 5.60 Å². The number of aromatic nitrogens is 3. The van der Waals surface area contributed by atoms with Crippen LogP contribution >= 0.6 is 0 Å². The van der Waals surface area contributed by atoms with Crippen molar-refractivity contribution in [3.63, 3.8) is 0 Å². The number of anilines is 1. The first kappa shape index (κ1) is 20.6. The molecule has 2 saturated heterocycles. The van der Waals surface area contributed by atoms with Gasteiger partial charge in [-0.25, -0.2) is 14.5 Å². The molecule has 1 unspecified atom stereocenters. The summed E-state index contributed by atoms with van der Waals surface area (Å²) in [5.41, 5.74) is 1.27. The van der Waals surface area contributed by atoms with Crippen molar-refractivity contribution >= 4 is 28.7 Å². The summed E-state index contributed by atoms with van der Waals surface area (Å²) in [6.07, 6.45) is 4.34. The van der Waals surface area contributed by atoms with Crippen molar-refractivity contribution in [3.05, 3.63) is 18.0 Å². The number of carbonyl (C=O) groups is 2. The summed E-state index contributed by atoms with van der Waals surface area (Å²) in [6.45, 7) is 8.86. The Kier molecular flexibility index (Phi) is 5.40. The molecule has 2 aliphatic rings. The quantitative estimate of drug-likeness (QED) is 0.825. The summed E-state index contributed by atoms with van der Waals surface area (Å²) < 4.78 is 13.3. The second-order valence-electron chi connectivity index (χ2n) is 9.00. The highest BCUT2D eigenvalue weighted by Gasteiger charge is 2.37. The van der Waals surface area contributed by atoms with Gasteiger partial charge in [0.2, 0.25) is 5.91 Å². The van der Waals surface area contributed by atoms with E-state index >= 15 is 0 Å². The fourth-order valence-corrected chi connectivity index (χ4v) is 3.87. The van der Waals surface area contributed by atoms with E-state index in [1.54, 1.807) is 11.1 Å². The van der Waals surface area contributed by atoms with Gasteiger partial charge < -0.3 is 19.7 Å². The summed E-state index contributed by atoms with van der Waals surface area (Å²) in [5, 5.41) is 8.54. The molecule has 2 aliphatic heterocycles. The molecule has 4 rings (SSSR count). The fourth-order valence-electron chi connectivity index (χ4n) is 3.87. The van der Waals surface area contributed by atoms with E-state index in [2.05, 4.69) is 10.3 Å². The van der Waals surface area contributed by atoms with Crippen molar-refractivity contribution in [2.45, 2.75) is 64.7 Å². The van der Waals surface area contributed by atoms with E-state index in [0.717, 1.165) is 35.9 Å². The van der Waals surface area contributed by atoms with Gasteiger partial charge in [-0.05, 0) is 40.0 Å². The molecule has 1 N–H and O–H groups in total. The minimum atomic E-state index is -0.515. The number of hydrogen-bond acceptors (Lipinski definition) is 6. The number of amides is 2. The van der Waals surface area contributed by atoms with Crippen LogP contribution in [0.1, 0.15) is 64.8 Å². The Morgan fingerprint density at radius 3 is 2.67 bits per heavy atom. The molecule has 4 heterocycles. The summed E-state index contributed by atoms with van der Waals surface area (Å²) in [5.74, 6) is 0.426. The average molecular weight is 415 g/mol. The molecule has 162 valence electrons. The van der Waals surface area contributed by atoms with E-state index in [1.165, 1.54) is 6.92 Å². The van der Waals surface area contributed by atoms with Crippen molar-refractivity contribution in [1.82, 2.24) is 19.7 Å². The van der Waals surface area contributed by atoms with Gasteiger partial charge in [0.15, 0.2) is 6.23 Å². The molecule has 1 atom stereocenters. The number of ether oxygens (including phenoxy) is 2. The van der Waals surface area contributed by atoms with Crippen LogP contribution in [0.3, 0.4) is 0 Å². The number of rotatable bonds is 3. The molecule has 2 amide bonds. The third-order valence-corrected chi connectivity index (χ3v) is 5.27. The summed E-state index contributed by atoms with van der Waals surface area (Å²) in [7, 11) is 0. The van der Waals surface area contributed by atoms with Gasteiger partial charge >= 0.3 is 6.09 Å². The van der Waals surface area contributed by atoms with Crippen LogP contribution in [-0.2, 0) is 14.3 Å². The van der Waals surface area contributed by atoms with Gasteiger partial charge in [0.05, 0.1) is 11.2 Å². The second kappa shape index (κ2) is 7.86. The first-order valence-electron chi connectivity index (χ1n) is 10.5. The molecule has 2 aromatic heterocycles. The molecule has 9 nitrogen and oxygen atoms in total. The van der Waals surface area contributed by atoms with Gasteiger partial charge in [-0.2, -0.15) is 5.10 Å². The van der Waals surface area contributed by atoms with Crippen molar-refractivity contribution in [3.8, 4) is 0 Å². The SMILES string of the molecule is CC(=O)Nc1cc2c(cn1)c(C1CN(C(=O)OC(C)(C)C)C1)nn2C1CCCCO1. The fraction of sp³-hybridized carbons (Fsp3) is 0.619. The lowest BCUT2D eigenvalue weighted by Crippen LogP contribution is -2.50. The van der Waals surface area contributed by atoms with Crippen molar-refractivity contribution in [2.24, 2.45) is 0 Å². The number of carbonyl (C=O) groups excluding carboxylic acids is 2. The maximum Gasteiger partial charge on any atom is 0.410 e. The zero-order valence-corrected chi connectivity index (χ0v) is 18.0. The van der Waals surface area contributed by atoms with Gasteiger partial charge in [0, 0.05) is 50.2 Å². The Balaban J connectivity index is 1.60. The van der Waals surface area contributed by atoms with Crippen LogP contribution in [0.2, 0.25) is 0 Å². The smallest absolute Gasteiger partial charge is 0.410 e. The van der Waals surface area contributed by atoms with Crippen LogP contribution in [-0.4, -0.2) is 57.0 Å². The molecule has 0 bridgehead atoms. The summed E-state index contributed by atoms with van der Waals surface area (Å²) in [6, 6.07) is 1.84. The predicted octanol–water partition coefficient (Wildman–Crippen LogP) is 3.42. The van der Waals surface area contributed by atoms with Gasteiger partial charge in [0.1, 0.15) is 11.4 Å². The molecular weight excluding hydrogens is 386 g/mol. The third kappa shape index (κ3) is 4.26. The largest absolute Gasteiger partial charge is 0.444 e. The predicted molar refractivity (Wildman–Crippen MR) is 111 cm³/mol. The molecule has 0 radical (unpaired) electrons. The van der Waals surface area contributed by atoms with Crippen molar-refractivity contribution in [1.29, 1.82) is 0 Å². The molecule has 2 aromatic rings. The Hall–Kier alpha value is -2.68. The standard InChI is InChI=1S/C21H29N5O4/c1-13(27)23-17-9-16-15(10-22-17)19(24-26(16)18-7-5-6-8-29-18)14-11-25(12-14)20(28)30-21(2,3)4/h9-10,14,18H,5-8,11-12H2,1-4H3,(H,22,23,27). The van der Waals surface area contributed by atoms with Crippen LogP contribution in [0, 0.1) is 0 Å². The first-order chi connectivity index (χ1) is 14.2. The van der Waals surface area contributed by atoms with Gasteiger partial charge in [-0.3, -0.25) is 4.79 Å². The van der Waals surface area contributed by atoms with E-state index in [9.17, 15) is 9.59 Å². The second-order valence-corrected chi connectivity index (χ2v) is 9.00. The van der Waals surface area contributed by atoms with Crippen LogP contribution < -0.4 is 5.32 Å². The minimum absolute atomic E-state index is 0.110. The van der Waals surface area contributed by atoms with Crippen LogP contribution in [0.4, 0.5) is 10.6 Å². The Morgan fingerprint density at radius 2 is 2.03 bits per heavy atom. The molecule has 2 fully saturated rings. The Labute approximate surface area is 175 Å². The first-order valence-corrected chi connectivity index (χ1v) is 10.5. The van der Waals surface area contributed by atoms with E-state index in [0.29, 0.717) is 25.5 Å². The summed E-state index contributed by atoms with van der Waals surface area (Å²) >= 11 is 0. The number of likely N-dealkylation sites (tertiary alicyclic amines) is 1. The maximum atomic E-state index is 12.3. The molecule has 0 aliphatic carbocycles. The molecule has 30 heavy (non-hydrogen) atoms. The molecule has 0 aromatic carbocycles. The number of fused-ring (bicyclic) bond motifs is 1. The minimum Gasteiger partial charge on any atom is -0.444 e. The number of pyridine rings is 1. The normalized spacial score (nSPS) is 20.1. The highest BCUT2D eigenvalue weighted by atomic mass is 16.6. The lowest BCUT2D eigenvalue weighted by atomic mass is 9.95. The monoisotopic (exact) mass is 415 g/mol. The van der Waals surface area contributed by atoms with Crippen molar-refractivity contribution < 1.29 is 19.1 Å².